The molecular formula is C17H16N4OS. The number of aromatic nitrogens is 2. The van der Waals surface area contributed by atoms with Crippen LogP contribution in [0.4, 0.5) is 5.13 Å². The van der Waals surface area contributed by atoms with Crippen LogP contribution in [0.3, 0.4) is 0 Å². The van der Waals surface area contributed by atoms with Crippen LogP contribution in [-0.2, 0) is 6.42 Å². The summed E-state index contributed by atoms with van der Waals surface area (Å²) in [4.78, 5) is 9.03. The van der Waals surface area contributed by atoms with Crippen LogP contribution in [0.25, 0.3) is 10.2 Å². The Morgan fingerprint density at radius 3 is 3.13 bits per heavy atom. The van der Waals surface area contributed by atoms with Gasteiger partial charge in [-0.3, -0.25) is 10.4 Å². The summed E-state index contributed by atoms with van der Waals surface area (Å²) < 4.78 is 6.33. The summed E-state index contributed by atoms with van der Waals surface area (Å²) in [6.45, 7) is 0. The third-order valence-electron chi connectivity index (χ3n) is 3.91. The van der Waals surface area contributed by atoms with Gasteiger partial charge >= 0.3 is 0 Å². The van der Waals surface area contributed by atoms with E-state index in [9.17, 15) is 0 Å². The van der Waals surface area contributed by atoms with E-state index < -0.39 is 0 Å². The molecule has 1 aliphatic rings. The summed E-state index contributed by atoms with van der Waals surface area (Å²) in [5.74, 6) is 0.837. The van der Waals surface area contributed by atoms with Crippen molar-refractivity contribution in [3.63, 3.8) is 0 Å². The zero-order valence-corrected chi connectivity index (χ0v) is 13.6. The number of aryl methyl sites for hydroxylation is 1. The predicted octanol–water partition coefficient (Wildman–Crippen LogP) is 3.85. The van der Waals surface area contributed by atoms with E-state index in [1.807, 2.05) is 30.5 Å². The smallest absolute Gasteiger partial charge is 0.204 e. The van der Waals surface area contributed by atoms with Crippen molar-refractivity contribution in [3.8, 4) is 5.75 Å². The summed E-state index contributed by atoms with van der Waals surface area (Å²) in [7, 11) is 1.67. The Hall–Kier alpha value is -2.47. The second kappa shape index (κ2) is 5.96. The SMILES string of the molecule is COc1ccc2nc(N/N=C3\CCCc4cccnc43)sc2c1. The minimum absolute atomic E-state index is 0.781. The van der Waals surface area contributed by atoms with Crippen molar-refractivity contribution in [2.45, 2.75) is 19.3 Å². The molecule has 0 aliphatic heterocycles. The standard InChI is InChI=1S/C17H16N4OS/c1-22-12-7-8-13-15(10-12)23-17(19-13)21-20-14-6-2-4-11-5-3-9-18-16(11)14/h3,5,7-10H,2,4,6H2,1H3,(H,19,21)/b20-14+. The summed E-state index contributed by atoms with van der Waals surface area (Å²) in [5.41, 5.74) is 7.33. The van der Waals surface area contributed by atoms with E-state index in [1.54, 1.807) is 18.4 Å². The first-order valence-corrected chi connectivity index (χ1v) is 8.36. The van der Waals surface area contributed by atoms with E-state index >= 15 is 0 Å². The Labute approximate surface area is 138 Å². The number of hydrogen-bond acceptors (Lipinski definition) is 6. The molecule has 2 heterocycles. The number of hydrogen-bond donors (Lipinski definition) is 1. The Morgan fingerprint density at radius 1 is 1.26 bits per heavy atom. The van der Waals surface area contributed by atoms with Gasteiger partial charge in [0.1, 0.15) is 5.75 Å². The normalized spacial score (nSPS) is 15.6. The van der Waals surface area contributed by atoms with Gasteiger partial charge in [0.2, 0.25) is 5.13 Å². The van der Waals surface area contributed by atoms with Gasteiger partial charge in [0, 0.05) is 6.20 Å². The van der Waals surface area contributed by atoms with Gasteiger partial charge in [-0.05, 0) is 49.1 Å². The average molecular weight is 324 g/mol. The number of fused-ring (bicyclic) bond motifs is 2. The van der Waals surface area contributed by atoms with Gasteiger partial charge in [-0.2, -0.15) is 5.10 Å². The molecule has 4 rings (SSSR count). The highest BCUT2D eigenvalue weighted by Crippen LogP contribution is 2.29. The van der Waals surface area contributed by atoms with E-state index in [-0.39, 0.29) is 0 Å². The van der Waals surface area contributed by atoms with E-state index in [0.717, 1.165) is 51.8 Å². The van der Waals surface area contributed by atoms with Crippen LogP contribution in [-0.4, -0.2) is 22.8 Å². The first kappa shape index (κ1) is 14.1. The molecule has 2 aromatic heterocycles. The number of anilines is 1. The van der Waals surface area contributed by atoms with Crippen molar-refractivity contribution in [2.75, 3.05) is 12.5 Å². The maximum Gasteiger partial charge on any atom is 0.204 e. The minimum atomic E-state index is 0.781. The maximum atomic E-state index is 5.25. The molecule has 0 amide bonds. The van der Waals surface area contributed by atoms with Gasteiger partial charge in [0.05, 0.1) is 28.7 Å². The number of nitrogens with zero attached hydrogens (tertiary/aromatic N) is 3. The molecule has 23 heavy (non-hydrogen) atoms. The molecule has 0 fully saturated rings. The zero-order chi connectivity index (χ0) is 15.6. The summed E-state index contributed by atoms with van der Waals surface area (Å²) >= 11 is 1.57. The Balaban J connectivity index is 1.62. The molecule has 1 aromatic carbocycles. The molecule has 6 heteroatoms. The Bertz CT molecular complexity index is 887. The number of pyridine rings is 1. The van der Waals surface area contributed by atoms with E-state index in [1.165, 1.54) is 5.56 Å². The molecule has 5 nitrogen and oxygen atoms in total. The van der Waals surface area contributed by atoms with Crippen molar-refractivity contribution in [1.29, 1.82) is 0 Å². The van der Waals surface area contributed by atoms with Crippen molar-refractivity contribution in [3.05, 3.63) is 47.8 Å². The lowest BCUT2D eigenvalue weighted by molar-refractivity contribution is 0.415. The number of thiazole rings is 1. The van der Waals surface area contributed by atoms with Crippen molar-refractivity contribution < 1.29 is 4.74 Å². The monoisotopic (exact) mass is 324 g/mol. The molecule has 0 atom stereocenters. The number of ether oxygens (including phenoxy) is 1. The first-order valence-electron chi connectivity index (χ1n) is 7.55. The molecular weight excluding hydrogens is 308 g/mol. The van der Waals surface area contributed by atoms with Gasteiger partial charge < -0.3 is 4.74 Å². The third kappa shape index (κ3) is 2.77. The van der Waals surface area contributed by atoms with Crippen LogP contribution >= 0.6 is 11.3 Å². The van der Waals surface area contributed by atoms with Crippen molar-refractivity contribution >= 4 is 32.4 Å². The largest absolute Gasteiger partial charge is 0.497 e. The summed E-state index contributed by atoms with van der Waals surface area (Å²) in [6.07, 6.45) is 4.94. The fourth-order valence-corrected chi connectivity index (χ4v) is 3.61. The van der Waals surface area contributed by atoms with Gasteiger partial charge in [0.25, 0.3) is 0 Å². The number of hydrazone groups is 1. The highest BCUT2D eigenvalue weighted by Gasteiger charge is 2.16. The molecule has 0 saturated carbocycles. The highest BCUT2D eigenvalue weighted by atomic mass is 32.1. The van der Waals surface area contributed by atoms with E-state index in [4.69, 9.17) is 4.74 Å². The van der Waals surface area contributed by atoms with Crippen LogP contribution in [0.2, 0.25) is 0 Å². The number of nitrogens with one attached hydrogen (secondary N) is 1. The molecule has 0 spiro atoms. The molecule has 116 valence electrons. The number of benzene rings is 1. The molecule has 0 saturated heterocycles. The fourth-order valence-electron chi connectivity index (χ4n) is 2.77. The second-order valence-corrected chi connectivity index (χ2v) is 6.42. The molecule has 0 unspecified atom stereocenters. The molecule has 3 aromatic rings. The minimum Gasteiger partial charge on any atom is -0.497 e. The highest BCUT2D eigenvalue weighted by molar-refractivity contribution is 7.22. The molecule has 1 N–H and O–H groups in total. The summed E-state index contributed by atoms with van der Waals surface area (Å²) in [6, 6.07) is 9.97. The topological polar surface area (TPSA) is 59.4 Å². The van der Waals surface area contributed by atoms with Gasteiger partial charge in [-0.1, -0.05) is 17.4 Å². The van der Waals surface area contributed by atoms with E-state index in [2.05, 4.69) is 26.6 Å². The second-order valence-electron chi connectivity index (χ2n) is 5.39. The van der Waals surface area contributed by atoms with E-state index in [0.29, 0.717) is 0 Å². The Kier molecular flexibility index (Phi) is 3.67. The van der Waals surface area contributed by atoms with Crippen LogP contribution < -0.4 is 10.2 Å². The molecule has 0 radical (unpaired) electrons. The van der Waals surface area contributed by atoms with Gasteiger partial charge in [0.15, 0.2) is 0 Å². The first-order chi connectivity index (χ1) is 11.3. The zero-order valence-electron chi connectivity index (χ0n) is 12.7. The van der Waals surface area contributed by atoms with Crippen LogP contribution in [0.1, 0.15) is 24.1 Å². The van der Waals surface area contributed by atoms with Crippen molar-refractivity contribution in [1.82, 2.24) is 9.97 Å². The quantitative estimate of drug-likeness (QED) is 0.743. The van der Waals surface area contributed by atoms with Crippen LogP contribution in [0.5, 0.6) is 5.75 Å². The summed E-state index contributed by atoms with van der Waals surface area (Å²) in [5, 5.41) is 5.33. The molecule has 0 bridgehead atoms. The van der Waals surface area contributed by atoms with Crippen molar-refractivity contribution in [2.24, 2.45) is 5.10 Å². The molecule has 1 aliphatic carbocycles. The lowest BCUT2D eigenvalue weighted by Crippen LogP contribution is -2.15. The van der Waals surface area contributed by atoms with Gasteiger partial charge in [-0.25, -0.2) is 4.98 Å². The predicted molar refractivity (Wildman–Crippen MR) is 93.5 cm³/mol. The lowest BCUT2D eigenvalue weighted by Gasteiger charge is -2.15. The fraction of sp³-hybridized carbons (Fsp3) is 0.235. The Morgan fingerprint density at radius 2 is 2.22 bits per heavy atom. The number of rotatable bonds is 3. The van der Waals surface area contributed by atoms with Crippen LogP contribution in [0, 0.1) is 0 Å². The average Bonchev–Trinajstić information content (AvgIpc) is 3.01. The lowest BCUT2D eigenvalue weighted by atomic mass is 9.95. The third-order valence-corrected chi connectivity index (χ3v) is 4.83. The number of methoxy groups -OCH3 is 1. The maximum absolute atomic E-state index is 5.25. The van der Waals surface area contributed by atoms with Crippen LogP contribution in [0.15, 0.2) is 41.6 Å². The van der Waals surface area contributed by atoms with Gasteiger partial charge in [-0.15, -0.1) is 0 Å².